The number of hydrogen-bond acceptors (Lipinski definition) is 4. The van der Waals surface area contributed by atoms with E-state index < -0.39 is 29.7 Å². The predicted octanol–water partition coefficient (Wildman–Crippen LogP) is 2.08. The lowest BCUT2D eigenvalue weighted by Crippen LogP contribution is -2.14. The molecule has 0 unspecified atom stereocenters. The van der Waals surface area contributed by atoms with E-state index in [1.807, 2.05) is 0 Å². The predicted molar refractivity (Wildman–Crippen MR) is 54.3 cm³/mol. The minimum atomic E-state index is -4.66. The van der Waals surface area contributed by atoms with Crippen LogP contribution < -0.4 is 0 Å². The van der Waals surface area contributed by atoms with Gasteiger partial charge in [0.05, 0.1) is 29.8 Å². The van der Waals surface area contributed by atoms with Gasteiger partial charge in [-0.15, -0.1) is 0 Å². The fraction of sp³-hybridized carbons (Fsp3) is 0.364. The molecule has 1 heterocycles. The summed E-state index contributed by atoms with van der Waals surface area (Å²) in [7, 11) is 0. The Kier molecular flexibility index (Phi) is 4.26. The van der Waals surface area contributed by atoms with Gasteiger partial charge >= 0.3 is 12.1 Å². The van der Waals surface area contributed by atoms with E-state index in [4.69, 9.17) is 5.26 Å². The van der Waals surface area contributed by atoms with Gasteiger partial charge < -0.3 is 4.74 Å². The summed E-state index contributed by atoms with van der Waals surface area (Å²) < 4.78 is 42.4. The van der Waals surface area contributed by atoms with Gasteiger partial charge in [0, 0.05) is 6.20 Å². The lowest BCUT2D eigenvalue weighted by molar-refractivity contribution is -0.143. The highest BCUT2D eigenvalue weighted by molar-refractivity contribution is 5.73. The number of carbonyl (C=O) groups excluding carboxylic acids is 1. The minimum Gasteiger partial charge on any atom is -0.466 e. The summed E-state index contributed by atoms with van der Waals surface area (Å²) in [6.07, 6.45) is -4.20. The van der Waals surface area contributed by atoms with Crippen LogP contribution in [0, 0.1) is 11.3 Å². The summed E-state index contributed by atoms with van der Waals surface area (Å²) in [4.78, 5) is 14.8. The first-order chi connectivity index (χ1) is 8.40. The van der Waals surface area contributed by atoms with E-state index in [9.17, 15) is 18.0 Å². The number of nitrogens with zero attached hydrogens (tertiary/aromatic N) is 2. The normalized spacial score (nSPS) is 10.8. The van der Waals surface area contributed by atoms with Crippen molar-refractivity contribution in [2.75, 3.05) is 6.61 Å². The Balaban J connectivity index is 3.15. The van der Waals surface area contributed by atoms with Crippen LogP contribution in [-0.2, 0) is 22.1 Å². The first-order valence-corrected chi connectivity index (χ1v) is 5.01. The molecule has 0 N–H and O–H groups in total. The quantitative estimate of drug-likeness (QED) is 0.778. The topological polar surface area (TPSA) is 63.0 Å². The lowest BCUT2D eigenvalue weighted by atomic mass is 10.1. The maximum Gasteiger partial charge on any atom is 0.417 e. The zero-order chi connectivity index (χ0) is 13.8. The summed E-state index contributed by atoms with van der Waals surface area (Å²) in [6.45, 7) is 1.68. The van der Waals surface area contributed by atoms with Crippen LogP contribution in [0.25, 0.3) is 0 Å². The summed E-state index contributed by atoms with van der Waals surface area (Å²) in [5, 5.41) is 8.76. The summed E-state index contributed by atoms with van der Waals surface area (Å²) >= 11 is 0. The second kappa shape index (κ2) is 5.49. The Labute approximate surface area is 101 Å². The van der Waals surface area contributed by atoms with Crippen molar-refractivity contribution >= 4 is 5.97 Å². The van der Waals surface area contributed by atoms with E-state index in [1.165, 1.54) is 6.07 Å². The van der Waals surface area contributed by atoms with Gasteiger partial charge in [0.2, 0.25) is 0 Å². The van der Waals surface area contributed by atoms with Crippen molar-refractivity contribution in [3.8, 4) is 6.07 Å². The first-order valence-electron chi connectivity index (χ1n) is 5.01. The van der Waals surface area contributed by atoms with Gasteiger partial charge in [-0.3, -0.25) is 9.78 Å². The molecule has 0 radical (unpaired) electrons. The van der Waals surface area contributed by atoms with E-state index in [0.717, 1.165) is 6.20 Å². The molecule has 4 nitrogen and oxygen atoms in total. The maximum atomic E-state index is 12.6. The standard InChI is InChI=1S/C11H9F3N2O2/c1-2-18-10(17)5-9-7(6-15)8(3-4-16-9)11(12,13)14/h3-4H,2,5H2,1H3. The third-order valence-electron chi connectivity index (χ3n) is 2.06. The molecule has 0 saturated carbocycles. The Morgan fingerprint density at radius 1 is 1.56 bits per heavy atom. The molecule has 0 aliphatic carbocycles. The minimum absolute atomic E-state index is 0.111. The van der Waals surface area contributed by atoms with Gasteiger partial charge in [-0.25, -0.2) is 0 Å². The molecule has 0 amide bonds. The number of alkyl halides is 3. The molecule has 0 aromatic carbocycles. The second-order valence-electron chi connectivity index (χ2n) is 3.27. The van der Waals surface area contributed by atoms with Gasteiger partial charge in [-0.1, -0.05) is 0 Å². The number of nitriles is 1. The number of aromatic nitrogens is 1. The van der Waals surface area contributed by atoms with Crippen LogP contribution in [0.2, 0.25) is 0 Å². The van der Waals surface area contributed by atoms with Crippen LogP contribution in [0.1, 0.15) is 23.7 Å². The van der Waals surface area contributed by atoms with Gasteiger partial charge in [0.15, 0.2) is 0 Å². The molecule has 0 aliphatic rings. The summed E-state index contributed by atoms with van der Waals surface area (Å²) in [5.41, 5.74) is -1.97. The molecule has 0 spiro atoms. The van der Waals surface area contributed by atoms with Crippen LogP contribution in [-0.4, -0.2) is 17.6 Å². The molecule has 0 atom stereocenters. The molecule has 0 aliphatic heterocycles. The lowest BCUT2D eigenvalue weighted by Gasteiger charge is -2.10. The Hall–Kier alpha value is -2.10. The maximum absolute atomic E-state index is 12.6. The Bertz CT molecular complexity index is 492. The van der Waals surface area contributed by atoms with Crippen LogP contribution >= 0.6 is 0 Å². The highest BCUT2D eigenvalue weighted by atomic mass is 19.4. The van der Waals surface area contributed by atoms with Crippen molar-refractivity contribution in [2.45, 2.75) is 19.5 Å². The third-order valence-corrected chi connectivity index (χ3v) is 2.06. The average molecular weight is 258 g/mol. The highest BCUT2D eigenvalue weighted by Crippen LogP contribution is 2.32. The van der Waals surface area contributed by atoms with Crippen molar-refractivity contribution in [3.63, 3.8) is 0 Å². The van der Waals surface area contributed by atoms with Crippen molar-refractivity contribution in [1.82, 2.24) is 4.98 Å². The summed E-state index contributed by atoms with van der Waals surface area (Å²) in [6, 6.07) is 2.13. The first kappa shape index (κ1) is 14.0. The Morgan fingerprint density at radius 2 is 2.22 bits per heavy atom. The van der Waals surface area contributed by atoms with Gasteiger partial charge in [0.1, 0.15) is 6.07 Å². The van der Waals surface area contributed by atoms with Crippen LogP contribution in [0.3, 0.4) is 0 Å². The molecular formula is C11H9F3N2O2. The van der Waals surface area contributed by atoms with E-state index in [0.29, 0.717) is 6.07 Å². The highest BCUT2D eigenvalue weighted by Gasteiger charge is 2.35. The van der Waals surface area contributed by atoms with Crippen LogP contribution in [0.4, 0.5) is 13.2 Å². The molecule has 0 fully saturated rings. The van der Waals surface area contributed by atoms with E-state index in [2.05, 4.69) is 9.72 Å². The molecule has 96 valence electrons. The largest absolute Gasteiger partial charge is 0.466 e. The fourth-order valence-corrected chi connectivity index (χ4v) is 1.35. The van der Waals surface area contributed by atoms with Gasteiger partial charge in [-0.2, -0.15) is 18.4 Å². The molecular weight excluding hydrogens is 249 g/mol. The van der Waals surface area contributed by atoms with Gasteiger partial charge in [0.25, 0.3) is 0 Å². The second-order valence-corrected chi connectivity index (χ2v) is 3.27. The SMILES string of the molecule is CCOC(=O)Cc1nccc(C(F)(F)F)c1C#N. The number of esters is 1. The van der Waals surface area contributed by atoms with Crippen LogP contribution in [0.15, 0.2) is 12.3 Å². The molecule has 18 heavy (non-hydrogen) atoms. The Morgan fingerprint density at radius 3 is 2.72 bits per heavy atom. The number of ether oxygens (including phenoxy) is 1. The third kappa shape index (κ3) is 3.20. The molecule has 7 heteroatoms. The monoisotopic (exact) mass is 258 g/mol. The number of halogens is 3. The van der Waals surface area contributed by atoms with Crippen molar-refractivity contribution in [1.29, 1.82) is 5.26 Å². The van der Waals surface area contributed by atoms with E-state index in [1.54, 1.807) is 6.92 Å². The number of pyridine rings is 1. The van der Waals surface area contributed by atoms with E-state index in [-0.39, 0.29) is 12.3 Å². The molecule has 1 aromatic rings. The fourth-order valence-electron chi connectivity index (χ4n) is 1.35. The molecule has 1 rings (SSSR count). The smallest absolute Gasteiger partial charge is 0.417 e. The molecule has 0 saturated heterocycles. The molecule has 0 bridgehead atoms. The van der Waals surface area contributed by atoms with Gasteiger partial charge in [-0.05, 0) is 13.0 Å². The average Bonchev–Trinajstić information content (AvgIpc) is 2.27. The summed E-state index contributed by atoms with van der Waals surface area (Å²) in [5.74, 6) is -0.721. The van der Waals surface area contributed by atoms with Crippen molar-refractivity contribution < 1.29 is 22.7 Å². The number of rotatable bonds is 3. The number of carbonyl (C=O) groups is 1. The zero-order valence-electron chi connectivity index (χ0n) is 9.41. The van der Waals surface area contributed by atoms with E-state index >= 15 is 0 Å². The van der Waals surface area contributed by atoms with Crippen molar-refractivity contribution in [3.05, 3.63) is 29.1 Å². The molecule has 1 aromatic heterocycles. The number of hydrogen-bond donors (Lipinski definition) is 0. The zero-order valence-corrected chi connectivity index (χ0v) is 9.41. The van der Waals surface area contributed by atoms with Crippen LogP contribution in [0.5, 0.6) is 0 Å². The van der Waals surface area contributed by atoms with Crippen molar-refractivity contribution in [2.24, 2.45) is 0 Å².